The number of aliphatic imine (C=N–C) groups is 1. The summed E-state index contributed by atoms with van der Waals surface area (Å²) in [5.74, 6) is 1.56. The highest BCUT2D eigenvalue weighted by atomic mass is 32.2. The van der Waals surface area contributed by atoms with Gasteiger partial charge >= 0.3 is 0 Å². The molecular weight excluding hydrogens is 384 g/mol. The molecule has 1 atom stereocenters. The molecule has 29 heavy (non-hydrogen) atoms. The summed E-state index contributed by atoms with van der Waals surface area (Å²) in [6.07, 6.45) is 2.26. The molecule has 1 aliphatic rings. The molecule has 0 bridgehead atoms. The summed E-state index contributed by atoms with van der Waals surface area (Å²) >= 11 is 0. The minimum Gasteiger partial charge on any atom is -0.357 e. The molecule has 2 N–H and O–H groups in total. The standard InChI is InChI=1S/C22H30N4O2S/c1-3-24-22(25-16-19-9-11-21(12-10-19)29(27,28)23-2)26-14-13-20(17-26)15-18-7-5-4-6-8-18/h4-12,20,23H,3,13-17H2,1-2H3,(H,24,25). The van der Waals surface area contributed by atoms with Crippen LogP contribution in [0.25, 0.3) is 0 Å². The highest BCUT2D eigenvalue weighted by Gasteiger charge is 2.25. The molecule has 0 amide bonds. The average Bonchev–Trinajstić information content (AvgIpc) is 3.20. The fourth-order valence-electron chi connectivity index (χ4n) is 3.62. The molecule has 0 aromatic heterocycles. The topological polar surface area (TPSA) is 73.8 Å². The van der Waals surface area contributed by atoms with Crippen LogP contribution in [0.5, 0.6) is 0 Å². The molecule has 3 rings (SSSR count). The van der Waals surface area contributed by atoms with Crippen molar-refractivity contribution in [1.82, 2.24) is 14.9 Å². The molecule has 1 heterocycles. The van der Waals surface area contributed by atoms with E-state index in [-0.39, 0.29) is 4.90 Å². The number of likely N-dealkylation sites (tertiary alicyclic amines) is 1. The molecule has 0 saturated carbocycles. The molecule has 2 aromatic carbocycles. The third kappa shape index (κ3) is 5.81. The van der Waals surface area contributed by atoms with Gasteiger partial charge < -0.3 is 10.2 Å². The predicted octanol–water partition coefficient (Wildman–Crippen LogP) is 2.62. The van der Waals surface area contributed by atoms with Crippen LogP contribution in [0.3, 0.4) is 0 Å². The Morgan fingerprint density at radius 2 is 1.83 bits per heavy atom. The van der Waals surface area contributed by atoms with E-state index in [4.69, 9.17) is 4.99 Å². The van der Waals surface area contributed by atoms with Crippen LogP contribution in [-0.4, -0.2) is 46.0 Å². The van der Waals surface area contributed by atoms with E-state index in [0.717, 1.165) is 44.0 Å². The van der Waals surface area contributed by atoms with Gasteiger partial charge in [-0.1, -0.05) is 42.5 Å². The van der Waals surface area contributed by atoms with Crippen LogP contribution in [0.2, 0.25) is 0 Å². The van der Waals surface area contributed by atoms with Crippen LogP contribution in [0.4, 0.5) is 0 Å². The summed E-state index contributed by atoms with van der Waals surface area (Å²) in [5.41, 5.74) is 2.37. The molecule has 156 valence electrons. The number of hydrogen-bond acceptors (Lipinski definition) is 3. The van der Waals surface area contributed by atoms with Crippen LogP contribution in [0.1, 0.15) is 24.5 Å². The number of hydrogen-bond donors (Lipinski definition) is 2. The summed E-state index contributed by atoms with van der Waals surface area (Å²) in [6, 6.07) is 17.5. The number of sulfonamides is 1. The largest absolute Gasteiger partial charge is 0.357 e. The van der Waals surface area contributed by atoms with Crippen LogP contribution in [0.15, 0.2) is 64.5 Å². The van der Waals surface area contributed by atoms with Gasteiger partial charge in [0.25, 0.3) is 0 Å². The second-order valence-electron chi connectivity index (χ2n) is 7.31. The van der Waals surface area contributed by atoms with Crippen molar-refractivity contribution >= 4 is 16.0 Å². The first-order valence-corrected chi connectivity index (χ1v) is 11.6. The molecule has 1 saturated heterocycles. The number of nitrogens with zero attached hydrogens (tertiary/aromatic N) is 2. The molecule has 7 heteroatoms. The molecule has 2 aromatic rings. The van der Waals surface area contributed by atoms with E-state index in [9.17, 15) is 8.42 Å². The summed E-state index contributed by atoms with van der Waals surface area (Å²) in [7, 11) is -1.99. The summed E-state index contributed by atoms with van der Waals surface area (Å²) in [5, 5.41) is 3.39. The normalized spacial score (nSPS) is 17.5. The van der Waals surface area contributed by atoms with E-state index in [1.54, 1.807) is 12.1 Å². The maximum absolute atomic E-state index is 11.8. The van der Waals surface area contributed by atoms with E-state index in [0.29, 0.717) is 12.5 Å². The molecule has 6 nitrogen and oxygen atoms in total. The van der Waals surface area contributed by atoms with Crippen LogP contribution < -0.4 is 10.0 Å². The van der Waals surface area contributed by atoms with Gasteiger partial charge in [0, 0.05) is 19.6 Å². The van der Waals surface area contributed by atoms with E-state index in [2.05, 4.69) is 52.2 Å². The number of guanidine groups is 1. The zero-order valence-electron chi connectivity index (χ0n) is 17.1. The van der Waals surface area contributed by atoms with Crippen molar-refractivity contribution in [3.05, 3.63) is 65.7 Å². The van der Waals surface area contributed by atoms with Crippen molar-refractivity contribution < 1.29 is 8.42 Å². The summed E-state index contributed by atoms with van der Waals surface area (Å²) < 4.78 is 26.0. The fourth-order valence-corrected chi connectivity index (χ4v) is 4.35. The van der Waals surface area contributed by atoms with Crippen molar-refractivity contribution in [3.8, 4) is 0 Å². The van der Waals surface area contributed by atoms with Crippen molar-refractivity contribution in [2.75, 3.05) is 26.7 Å². The Labute approximate surface area is 174 Å². The smallest absolute Gasteiger partial charge is 0.240 e. The SMILES string of the molecule is CCNC(=NCc1ccc(S(=O)(=O)NC)cc1)N1CCC(Cc2ccccc2)C1. The van der Waals surface area contributed by atoms with Gasteiger partial charge in [0.05, 0.1) is 11.4 Å². The van der Waals surface area contributed by atoms with Gasteiger partial charge in [0.2, 0.25) is 10.0 Å². The van der Waals surface area contributed by atoms with Crippen LogP contribution in [0, 0.1) is 5.92 Å². The lowest BCUT2D eigenvalue weighted by atomic mass is 9.99. The van der Waals surface area contributed by atoms with Crippen LogP contribution in [-0.2, 0) is 23.0 Å². The zero-order valence-corrected chi connectivity index (χ0v) is 18.0. The van der Waals surface area contributed by atoms with Crippen molar-refractivity contribution in [2.24, 2.45) is 10.9 Å². The van der Waals surface area contributed by atoms with Crippen molar-refractivity contribution in [2.45, 2.75) is 31.2 Å². The Morgan fingerprint density at radius 3 is 2.48 bits per heavy atom. The first-order valence-electron chi connectivity index (χ1n) is 10.1. The maximum Gasteiger partial charge on any atom is 0.240 e. The Kier molecular flexibility index (Phi) is 7.28. The average molecular weight is 415 g/mol. The lowest BCUT2D eigenvalue weighted by molar-refractivity contribution is 0.460. The summed E-state index contributed by atoms with van der Waals surface area (Å²) in [4.78, 5) is 7.38. The van der Waals surface area contributed by atoms with Gasteiger partial charge in [-0.3, -0.25) is 0 Å². The number of rotatable bonds is 7. The van der Waals surface area contributed by atoms with E-state index in [1.165, 1.54) is 12.6 Å². The van der Waals surface area contributed by atoms with Gasteiger partial charge in [0.1, 0.15) is 0 Å². The van der Waals surface area contributed by atoms with Gasteiger partial charge in [0.15, 0.2) is 5.96 Å². The minimum absolute atomic E-state index is 0.267. The minimum atomic E-state index is -3.41. The maximum atomic E-state index is 11.8. The second kappa shape index (κ2) is 9.89. The number of nitrogens with one attached hydrogen (secondary N) is 2. The van der Waals surface area contributed by atoms with E-state index < -0.39 is 10.0 Å². The van der Waals surface area contributed by atoms with E-state index in [1.807, 2.05) is 12.1 Å². The molecule has 1 unspecified atom stereocenters. The third-order valence-corrected chi connectivity index (χ3v) is 6.63. The van der Waals surface area contributed by atoms with Crippen molar-refractivity contribution in [1.29, 1.82) is 0 Å². The first kappa shape index (κ1) is 21.3. The highest BCUT2D eigenvalue weighted by Crippen LogP contribution is 2.21. The van der Waals surface area contributed by atoms with E-state index >= 15 is 0 Å². The monoisotopic (exact) mass is 414 g/mol. The first-order chi connectivity index (χ1) is 14.0. The second-order valence-corrected chi connectivity index (χ2v) is 9.20. The molecule has 0 spiro atoms. The molecule has 0 radical (unpaired) electrons. The van der Waals surface area contributed by atoms with Crippen LogP contribution >= 0.6 is 0 Å². The molecule has 0 aliphatic carbocycles. The summed E-state index contributed by atoms with van der Waals surface area (Å²) in [6.45, 7) is 5.41. The molecule has 1 aliphatic heterocycles. The van der Waals surface area contributed by atoms with Crippen molar-refractivity contribution in [3.63, 3.8) is 0 Å². The lowest BCUT2D eigenvalue weighted by Gasteiger charge is -2.21. The Morgan fingerprint density at radius 1 is 1.10 bits per heavy atom. The quantitative estimate of drug-likeness (QED) is 0.540. The Hall–Kier alpha value is -2.38. The number of benzene rings is 2. The highest BCUT2D eigenvalue weighted by molar-refractivity contribution is 7.89. The lowest BCUT2D eigenvalue weighted by Crippen LogP contribution is -2.40. The van der Waals surface area contributed by atoms with Gasteiger partial charge in [-0.25, -0.2) is 18.1 Å². The Balaban J connectivity index is 1.63. The zero-order chi connectivity index (χ0) is 20.7. The molecular formula is C22H30N4O2S. The van der Waals surface area contributed by atoms with Gasteiger partial charge in [-0.15, -0.1) is 0 Å². The van der Waals surface area contributed by atoms with Gasteiger partial charge in [-0.2, -0.15) is 0 Å². The Bertz CT molecular complexity index is 912. The fraction of sp³-hybridized carbons (Fsp3) is 0.409. The predicted molar refractivity (Wildman–Crippen MR) is 117 cm³/mol. The van der Waals surface area contributed by atoms with Gasteiger partial charge in [-0.05, 0) is 56.0 Å². The third-order valence-electron chi connectivity index (χ3n) is 5.20. The molecule has 1 fully saturated rings.